The predicted molar refractivity (Wildman–Crippen MR) is 78.7 cm³/mol. The van der Waals surface area contributed by atoms with Crippen molar-refractivity contribution in [3.63, 3.8) is 0 Å². The number of thioether (sulfide) groups is 1. The Kier molecular flexibility index (Phi) is 6.99. The molecule has 104 valence electrons. The van der Waals surface area contributed by atoms with Crippen molar-refractivity contribution in [2.45, 2.75) is 12.8 Å². The maximum Gasteiger partial charge on any atom is 0.230 e. The highest BCUT2D eigenvalue weighted by molar-refractivity contribution is 8.13. The summed E-state index contributed by atoms with van der Waals surface area (Å²) in [5.41, 5.74) is 6.25. The van der Waals surface area contributed by atoms with E-state index in [1.54, 1.807) is 6.26 Å². The molecule has 0 aliphatic rings. The molecule has 1 amide bonds. The number of ether oxygens (including phenoxy) is 1. The van der Waals surface area contributed by atoms with Crippen LogP contribution in [0.4, 0.5) is 0 Å². The van der Waals surface area contributed by atoms with Crippen LogP contribution in [-0.2, 0) is 11.2 Å². The molecule has 19 heavy (non-hydrogen) atoms. The lowest BCUT2D eigenvalue weighted by atomic mass is 10.1. The summed E-state index contributed by atoms with van der Waals surface area (Å²) in [7, 11) is 0. The lowest BCUT2D eigenvalue weighted by Gasteiger charge is -2.08. The first-order valence-corrected chi connectivity index (χ1v) is 7.22. The minimum atomic E-state index is -0.196. The number of carbonyl (C=O) groups is 1. The molecule has 0 bridgehead atoms. The fourth-order valence-corrected chi connectivity index (χ4v) is 1.64. The van der Waals surface area contributed by atoms with E-state index in [1.807, 2.05) is 24.3 Å². The second-order valence-corrected chi connectivity index (χ2v) is 4.71. The molecule has 0 unspecified atom stereocenters. The smallest absolute Gasteiger partial charge is 0.230 e. The van der Waals surface area contributed by atoms with Crippen LogP contribution >= 0.6 is 11.8 Å². The zero-order valence-corrected chi connectivity index (χ0v) is 11.8. The molecule has 1 aromatic carbocycles. The zero-order valence-electron chi connectivity index (χ0n) is 10.9. The summed E-state index contributed by atoms with van der Waals surface area (Å²) in [5.74, 6) is 0.539. The van der Waals surface area contributed by atoms with Gasteiger partial charge in [-0.25, -0.2) is 0 Å². The normalized spacial score (nSPS) is 10.0. The van der Waals surface area contributed by atoms with E-state index in [4.69, 9.17) is 15.9 Å². The molecule has 6 heteroatoms. The summed E-state index contributed by atoms with van der Waals surface area (Å²) in [6.45, 7) is 1.17. The maximum atomic E-state index is 11.6. The number of amides is 1. The molecule has 0 fully saturated rings. The van der Waals surface area contributed by atoms with Crippen molar-refractivity contribution in [2.75, 3.05) is 19.4 Å². The first-order chi connectivity index (χ1) is 9.15. The number of nitrogens with two attached hydrogens (primary N) is 1. The SMILES string of the molecule is CSC(=N)NC(=O)Cc1cccc(OCCCN)c1. The average molecular weight is 281 g/mol. The van der Waals surface area contributed by atoms with Crippen LogP contribution in [0.2, 0.25) is 0 Å². The van der Waals surface area contributed by atoms with Gasteiger partial charge >= 0.3 is 0 Å². The zero-order chi connectivity index (χ0) is 14.1. The molecule has 0 atom stereocenters. The molecule has 4 N–H and O–H groups in total. The Morgan fingerprint density at radius 1 is 1.53 bits per heavy atom. The summed E-state index contributed by atoms with van der Waals surface area (Å²) in [4.78, 5) is 11.6. The standard InChI is InChI=1S/C13H19N3O2S/c1-19-13(15)16-12(17)9-10-4-2-5-11(8-10)18-7-3-6-14/h2,4-5,8H,3,6-7,9,14H2,1H3,(H2,15,16,17). The largest absolute Gasteiger partial charge is 0.494 e. The minimum absolute atomic E-state index is 0.153. The Balaban J connectivity index is 2.51. The third-order valence-corrected chi connectivity index (χ3v) is 2.85. The van der Waals surface area contributed by atoms with Gasteiger partial charge in [0.15, 0.2) is 5.17 Å². The summed E-state index contributed by atoms with van der Waals surface area (Å²) >= 11 is 1.20. The lowest BCUT2D eigenvalue weighted by molar-refractivity contribution is -0.119. The highest BCUT2D eigenvalue weighted by Crippen LogP contribution is 2.14. The first kappa shape index (κ1) is 15.5. The molecule has 0 radical (unpaired) electrons. The van der Waals surface area contributed by atoms with Gasteiger partial charge in [0, 0.05) is 0 Å². The Bertz CT molecular complexity index is 438. The van der Waals surface area contributed by atoms with Crippen molar-refractivity contribution in [1.29, 1.82) is 5.41 Å². The van der Waals surface area contributed by atoms with E-state index >= 15 is 0 Å². The molecule has 0 heterocycles. The number of amidine groups is 1. The van der Waals surface area contributed by atoms with Crippen molar-refractivity contribution in [1.82, 2.24) is 5.32 Å². The number of hydrogen-bond donors (Lipinski definition) is 3. The van der Waals surface area contributed by atoms with Gasteiger partial charge in [0.2, 0.25) is 5.91 Å². The Hall–Kier alpha value is -1.53. The Morgan fingerprint density at radius 3 is 3.00 bits per heavy atom. The van der Waals surface area contributed by atoms with Crippen molar-refractivity contribution >= 4 is 22.8 Å². The summed E-state index contributed by atoms with van der Waals surface area (Å²) in [6.07, 6.45) is 2.78. The van der Waals surface area contributed by atoms with Gasteiger partial charge in [0.05, 0.1) is 13.0 Å². The van der Waals surface area contributed by atoms with Gasteiger partial charge in [0.1, 0.15) is 5.75 Å². The molecule has 1 rings (SSSR count). The van der Waals surface area contributed by atoms with Gasteiger partial charge in [-0.05, 0) is 36.9 Å². The van der Waals surface area contributed by atoms with Crippen LogP contribution in [0.1, 0.15) is 12.0 Å². The van der Waals surface area contributed by atoms with Crippen LogP contribution in [0.5, 0.6) is 5.75 Å². The van der Waals surface area contributed by atoms with E-state index in [2.05, 4.69) is 5.32 Å². The molecule has 0 spiro atoms. The van der Waals surface area contributed by atoms with Crippen LogP contribution in [0, 0.1) is 5.41 Å². The van der Waals surface area contributed by atoms with Crippen LogP contribution in [0.3, 0.4) is 0 Å². The fourth-order valence-electron chi connectivity index (χ4n) is 1.43. The quantitative estimate of drug-likeness (QED) is 0.417. The van der Waals surface area contributed by atoms with E-state index in [-0.39, 0.29) is 17.5 Å². The number of hydrogen-bond acceptors (Lipinski definition) is 5. The molecular weight excluding hydrogens is 262 g/mol. The Labute approximate surface area is 117 Å². The van der Waals surface area contributed by atoms with Crippen LogP contribution in [-0.4, -0.2) is 30.5 Å². The van der Waals surface area contributed by atoms with E-state index in [1.165, 1.54) is 11.8 Å². The minimum Gasteiger partial charge on any atom is -0.494 e. The predicted octanol–water partition coefficient (Wildman–Crippen LogP) is 1.37. The van der Waals surface area contributed by atoms with E-state index in [0.29, 0.717) is 13.2 Å². The molecule has 0 saturated carbocycles. The molecular formula is C13H19N3O2S. The van der Waals surface area contributed by atoms with Crippen molar-refractivity contribution in [3.05, 3.63) is 29.8 Å². The van der Waals surface area contributed by atoms with Gasteiger partial charge in [-0.2, -0.15) is 0 Å². The number of benzene rings is 1. The van der Waals surface area contributed by atoms with Crippen molar-refractivity contribution < 1.29 is 9.53 Å². The fraction of sp³-hybridized carbons (Fsp3) is 0.385. The van der Waals surface area contributed by atoms with Crippen LogP contribution in [0.25, 0.3) is 0 Å². The molecule has 0 aromatic heterocycles. The highest BCUT2D eigenvalue weighted by Gasteiger charge is 2.06. The summed E-state index contributed by atoms with van der Waals surface area (Å²) in [6, 6.07) is 7.39. The average Bonchev–Trinajstić information content (AvgIpc) is 2.39. The Morgan fingerprint density at radius 2 is 2.32 bits per heavy atom. The summed E-state index contributed by atoms with van der Waals surface area (Å²) < 4.78 is 5.51. The van der Waals surface area contributed by atoms with Crippen LogP contribution < -0.4 is 15.8 Å². The number of nitrogens with one attached hydrogen (secondary N) is 2. The third-order valence-electron chi connectivity index (χ3n) is 2.34. The number of rotatable bonds is 6. The summed E-state index contributed by atoms with van der Waals surface area (Å²) in [5, 5.41) is 10.0. The van der Waals surface area contributed by atoms with E-state index in [9.17, 15) is 4.79 Å². The van der Waals surface area contributed by atoms with E-state index in [0.717, 1.165) is 17.7 Å². The van der Waals surface area contributed by atoms with Crippen molar-refractivity contribution in [2.24, 2.45) is 5.73 Å². The van der Waals surface area contributed by atoms with Crippen LogP contribution in [0.15, 0.2) is 24.3 Å². The van der Waals surface area contributed by atoms with Gasteiger partial charge < -0.3 is 15.8 Å². The van der Waals surface area contributed by atoms with Crippen molar-refractivity contribution in [3.8, 4) is 5.75 Å². The third kappa shape index (κ3) is 6.26. The van der Waals surface area contributed by atoms with Gasteiger partial charge in [-0.3, -0.25) is 10.2 Å². The lowest BCUT2D eigenvalue weighted by Crippen LogP contribution is -2.28. The first-order valence-electron chi connectivity index (χ1n) is 6.00. The van der Waals surface area contributed by atoms with Gasteiger partial charge in [-0.1, -0.05) is 23.9 Å². The maximum absolute atomic E-state index is 11.6. The highest BCUT2D eigenvalue weighted by atomic mass is 32.2. The van der Waals surface area contributed by atoms with Gasteiger partial charge in [-0.15, -0.1) is 0 Å². The molecule has 0 aliphatic heterocycles. The topological polar surface area (TPSA) is 88.2 Å². The monoisotopic (exact) mass is 281 g/mol. The molecule has 0 aliphatic carbocycles. The second kappa shape index (κ2) is 8.55. The molecule has 1 aromatic rings. The van der Waals surface area contributed by atoms with Gasteiger partial charge in [0.25, 0.3) is 0 Å². The molecule has 5 nitrogen and oxygen atoms in total. The molecule has 0 saturated heterocycles. The number of carbonyl (C=O) groups excluding carboxylic acids is 1. The van der Waals surface area contributed by atoms with E-state index < -0.39 is 0 Å². The second-order valence-electron chi connectivity index (χ2n) is 3.90.